The van der Waals surface area contributed by atoms with Gasteiger partial charge in [-0.3, -0.25) is 0 Å². The normalized spacial score (nSPS) is 10.4. The molecule has 0 radical (unpaired) electrons. The molecule has 2 rings (SSSR count). The summed E-state index contributed by atoms with van der Waals surface area (Å²) in [5.41, 5.74) is 5.64. The highest BCUT2D eigenvalue weighted by molar-refractivity contribution is 7.98. The minimum absolute atomic E-state index is 0.662. The second-order valence-electron chi connectivity index (χ2n) is 3.92. The van der Waals surface area contributed by atoms with Gasteiger partial charge < -0.3 is 5.43 Å². The van der Waals surface area contributed by atoms with Crippen molar-refractivity contribution in [1.82, 2.24) is 15.0 Å². The number of aromatic nitrogens is 3. The topological polar surface area (TPSA) is 76.7 Å². The summed E-state index contributed by atoms with van der Waals surface area (Å²) in [5, 5.41) is 0.798. The molecule has 6 heteroatoms. The number of hydrogen-bond donors (Lipinski definition) is 2. The Labute approximate surface area is 110 Å². The van der Waals surface area contributed by atoms with Gasteiger partial charge >= 0.3 is 0 Å². The molecule has 18 heavy (non-hydrogen) atoms. The molecule has 0 saturated carbocycles. The number of thioether (sulfide) groups is 1. The molecule has 0 saturated heterocycles. The van der Waals surface area contributed by atoms with Crippen molar-refractivity contribution in [2.24, 2.45) is 5.84 Å². The fourth-order valence-corrected chi connectivity index (χ4v) is 2.44. The highest BCUT2D eigenvalue weighted by atomic mass is 32.2. The van der Waals surface area contributed by atoms with Gasteiger partial charge in [0.15, 0.2) is 5.16 Å². The van der Waals surface area contributed by atoms with Crippen LogP contribution in [-0.4, -0.2) is 15.0 Å². The number of nitrogen functional groups attached to an aromatic ring is 1. The first kappa shape index (κ1) is 12.8. The second kappa shape index (κ2) is 5.79. The molecule has 2 heterocycles. The average Bonchev–Trinajstić information content (AvgIpc) is 2.35. The molecule has 2 aromatic rings. The standard InChI is InChI=1S/C12H15N5S/c1-8-5-9(2)16-12(15-8)18-7-10-3-4-14-11(6-10)17-13/h3-6H,7,13H2,1-2H3,(H,14,17). The van der Waals surface area contributed by atoms with Gasteiger partial charge in [0.1, 0.15) is 5.82 Å². The first-order valence-electron chi connectivity index (χ1n) is 5.54. The van der Waals surface area contributed by atoms with Gasteiger partial charge in [-0.1, -0.05) is 11.8 Å². The van der Waals surface area contributed by atoms with Gasteiger partial charge in [-0.25, -0.2) is 20.8 Å². The van der Waals surface area contributed by atoms with E-state index in [1.165, 1.54) is 0 Å². The van der Waals surface area contributed by atoms with E-state index in [1.807, 2.05) is 32.0 Å². The van der Waals surface area contributed by atoms with Crippen LogP contribution in [0.3, 0.4) is 0 Å². The number of aryl methyl sites for hydroxylation is 2. The van der Waals surface area contributed by atoms with Gasteiger partial charge in [-0.15, -0.1) is 0 Å². The summed E-state index contributed by atoms with van der Waals surface area (Å²) >= 11 is 1.60. The second-order valence-corrected chi connectivity index (χ2v) is 4.86. The van der Waals surface area contributed by atoms with Gasteiger partial charge in [0, 0.05) is 23.3 Å². The molecular weight excluding hydrogens is 246 g/mol. The lowest BCUT2D eigenvalue weighted by molar-refractivity contribution is 0.902. The summed E-state index contributed by atoms with van der Waals surface area (Å²) in [6.45, 7) is 3.95. The zero-order valence-electron chi connectivity index (χ0n) is 10.3. The van der Waals surface area contributed by atoms with Crippen LogP contribution in [0.1, 0.15) is 17.0 Å². The van der Waals surface area contributed by atoms with Crippen LogP contribution < -0.4 is 11.3 Å². The summed E-state index contributed by atoms with van der Waals surface area (Å²) in [5.74, 6) is 6.77. The number of anilines is 1. The third-order valence-electron chi connectivity index (χ3n) is 2.30. The van der Waals surface area contributed by atoms with E-state index in [2.05, 4.69) is 20.4 Å². The molecule has 5 nitrogen and oxygen atoms in total. The number of hydrazine groups is 1. The number of nitrogens with zero attached hydrogens (tertiary/aromatic N) is 3. The molecule has 0 spiro atoms. The van der Waals surface area contributed by atoms with E-state index < -0.39 is 0 Å². The maximum atomic E-state index is 5.32. The number of nitrogens with one attached hydrogen (secondary N) is 1. The fraction of sp³-hybridized carbons (Fsp3) is 0.250. The van der Waals surface area contributed by atoms with Crippen molar-refractivity contribution in [2.45, 2.75) is 24.8 Å². The maximum absolute atomic E-state index is 5.32. The van der Waals surface area contributed by atoms with Gasteiger partial charge in [0.05, 0.1) is 0 Å². The van der Waals surface area contributed by atoms with Crippen LogP contribution in [0.2, 0.25) is 0 Å². The largest absolute Gasteiger partial charge is 0.308 e. The van der Waals surface area contributed by atoms with Crippen molar-refractivity contribution in [2.75, 3.05) is 5.43 Å². The first-order chi connectivity index (χ1) is 8.67. The summed E-state index contributed by atoms with van der Waals surface area (Å²) in [4.78, 5) is 12.8. The minimum Gasteiger partial charge on any atom is -0.308 e. The number of hydrogen-bond acceptors (Lipinski definition) is 6. The molecular formula is C12H15N5S. The van der Waals surface area contributed by atoms with Gasteiger partial charge in [0.25, 0.3) is 0 Å². The van der Waals surface area contributed by atoms with Crippen LogP contribution in [0, 0.1) is 13.8 Å². The molecule has 94 valence electrons. The Balaban J connectivity index is 2.06. The molecule has 0 atom stereocenters. The summed E-state index contributed by atoms with van der Waals surface area (Å²) in [7, 11) is 0. The van der Waals surface area contributed by atoms with E-state index in [9.17, 15) is 0 Å². The smallest absolute Gasteiger partial charge is 0.188 e. The molecule has 0 bridgehead atoms. The Bertz CT molecular complexity index is 523. The molecule has 0 aliphatic heterocycles. The number of rotatable bonds is 4. The molecule has 3 N–H and O–H groups in total. The quantitative estimate of drug-likeness (QED) is 0.380. The fourth-order valence-electron chi connectivity index (χ4n) is 1.55. The number of pyridine rings is 1. The van der Waals surface area contributed by atoms with Gasteiger partial charge in [-0.2, -0.15) is 0 Å². The molecule has 0 aliphatic carbocycles. The van der Waals surface area contributed by atoms with Gasteiger partial charge in [0.2, 0.25) is 0 Å². The lowest BCUT2D eigenvalue weighted by atomic mass is 10.3. The van der Waals surface area contributed by atoms with E-state index in [0.717, 1.165) is 27.9 Å². The van der Waals surface area contributed by atoms with E-state index in [1.54, 1.807) is 18.0 Å². The van der Waals surface area contributed by atoms with E-state index >= 15 is 0 Å². The highest BCUT2D eigenvalue weighted by Gasteiger charge is 2.02. The Hall–Kier alpha value is -1.66. The van der Waals surface area contributed by atoms with Crippen molar-refractivity contribution in [3.63, 3.8) is 0 Å². The van der Waals surface area contributed by atoms with Crippen molar-refractivity contribution in [3.8, 4) is 0 Å². The highest BCUT2D eigenvalue weighted by Crippen LogP contribution is 2.20. The molecule has 0 aromatic carbocycles. The SMILES string of the molecule is Cc1cc(C)nc(SCc2ccnc(NN)c2)n1. The van der Waals surface area contributed by atoms with Crippen molar-refractivity contribution >= 4 is 17.6 Å². The average molecular weight is 261 g/mol. The van der Waals surface area contributed by atoms with Crippen molar-refractivity contribution < 1.29 is 0 Å². The van der Waals surface area contributed by atoms with E-state index in [0.29, 0.717) is 5.82 Å². The summed E-state index contributed by atoms with van der Waals surface area (Å²) in [6, 6.07) is 5.83. The van der Waals surface area contributed by atoms with Crippen molar-refractivity contribution in [3.05, 3.63) is 41.3 Å². The van der Waals surface area contributed by atoms with Crippen LogP contribution in [0.25, 0.3) is 0 Å². The van der Waals surface area contributed by atoms with Crippen LogP contribution in [0.4, 0.5) is 5.82 Å². The van der Waals surface area contributed by atoms with Crippen LogP contribution in [0.5, 0.6) is 0 Å². The Kier molecular flexibility index (Phi) is 4.11. The van der Waals surface area contributed by atoms with E-state index in [-0.39, 0.29) is 0 Å². The Morgan fingerprint density at radius 2 is 1.94 bits per heavy atom. The molecule has 0 aliphatic rings. The zero-order valence-corrected chi connectivity index (χ0v) is 11.2. The Morgan fingerprint density at radius 3 is 2.61 bits per heavy atom. The predicted octanol–water partition coefficient (Wildman–Crippen LogP) is 2.07. The summed E-state index contributed by atoms with van der Waals surface area (Å²) in [6.07, 6.45) is 1.73. The Morgan fingerprint density at radius 1 is 1.22 bits per heavy atom. The summed E-state index contributed by atoms with van der Waals surface area (Å²) < 4.78 is 0. The monoisotopic (exact) mass is 261 g/mol. The molecule has 2 aromatic heterocycles. The minimum atomic E-state index is 0.662. The lowest BCUT2D eigenvalue weighted by Gasteiger charge is -2.04. The zero-order chi connectivity index (χ0) is 13.0. The van der Waals surface area contributed by atoms with Crippen LogP contribution >= 0.6 is 11.8 Å². The van der Waals surface area contributed by atoms with Crippen molar-refractivity contribution in [1.29, 1.82) is 0 Å². The molecule has 0 fully saturated rings. The lowest BCUT2D eigenvalue weighted by Crippen LogP contribution is -2.08. The van der Waals surface area contributed by atoms with Crippen LogP contribution in [0.15, 0.2) is 29.6 Å². The molecule has 0 unspecified atom stereocenters. The maximum Gasteiger partial charge on any atom is 0.188 e. The van der Waals surface area contributed by atoms with E-state index in [4.69, 9.17) is 5.84 Å². The third kappa shape index (κ3) is 3.41. The first-order valence-corrected chi connectivity index (χ1v) is 6.52. The van der Waals surface area contributed by atoms with Gasteiger partial charge in [-0.05, 0) is 37.6 Å². The predicted molar refractivity (Wildman–Crippen MR) is 73.1 cm³/mol. The third-order valence-corrected chi connectivity index (χ3v) is 3.22. The number of nitrogens with two attached hydrogens (primary N) is 1. The van der Waals surface area contributed by atoms with Crippen LogP contribution in [-0.2, 0) is 5.75 Å². The molecule has 0 amide bonds.